The zero-order valence-electron chi connectivity index (χ0n) is 18.8. The number of Topliss-reactive ketones (excluding diaryl/α,β-unsaturated/α-hetero) is 1. The van der Waals surface area contributed by atoms with Crippen LogP contribution in [-0.4, -0.2) is 26.3 Å². The number of ketones is 1. The fraction of sp³-hybridized carbons (Fsp3) is 0.308. The van der Waals surface area contributed by atoms with E-state index in [1.165, 1.54) is 10.5 Å². The fourth-order valence-corrected chi connectivity index (χ4v) is 6.31. The van der Waals surface area contributed by atoms with Crippen LogP contribution in [0.1, 0.15) is 54.5 Å². The summed E-state index contributed by atoms with van der Waals surface area (Å²) in [5.41, 5.74) is 4.33. The van der Waals surface area contributed by atoms with E-state index in [0.29, 0.717) is 11.4 Å². The van der Waals surface area contributed by atoms with Crippen LogP contribution in [0, 0.1) is 12.8 Å². The third kappa shape index (κ3) is 4.18. The number of hydrogen-bond acceptors (Lipinski definition) is 5. The Bertz CT molecular complexity index is 1260. The summed E-state index contributed by atoms with van der Waals surface area (Å²) < 4.78 is 2.20. The Balaban J connectivity index is 1.59. The van der Waals surface area contributed by atoms with E-state index in [1.54, 1.807) is 0 Å². The number of benzene rings is 2. The van der Waals surface area contributed by atoms with Crippen molar-refractivity contribution in [3.63, 3.8) is 0 Å². The summed E-state index contributed by atoms with van der Waals surface area (Å²) in [5.74, 6) is 1.84. The first-order chi connectivity index (χ1) is 15.9. The Labute approximate surface area is 203 Å². The first kappa shape index (κ1) is 22.1. The lowest BCUT2D eigenvalue weighted by atomic mass is 9.90. The molecule has 7 heteroatoms. The van der Waals surface area contributed by atoms with Crippen LogP contribution in [0.4, 0.5) is 0 Å². The monoisotopic (exact) mass is 476 g/mol. The molecule has 33 heavy (non-hydrogen) atoms. The van der Waals surface area contributed by atoms with Gasteiger partial charge in [-0.05, 0) is 48.9 Å². The third-order valence-electron chi connectivity index (χ3n) is 6.44. The highest BCUT2D eigenvalue weighted by molar-refractivity contribution is 8.03. The molecule has 0 N–H and O–H groups in total. The second-order valence-corrected chi connectivity index (χ2v) is 10.4. The Kier molecular flexibility index (Phi) is 5.97. The van der Waals surface area contributed by atoms with E-state index in [2.05, 4.69) is 28.6 Å². The van der Waals surface area contributed by atoms with Gasteiger partial charge in [-0.3, -0.25) is 14.4 Å². The molecule has 0 radical (unpaired) electrons. The molecule has 5 nitrogen and oxygen atoms in total. The van der Waals surface area contributed by atoms with Gasteiger partial charge >= 0.3 is 0 Å². The Morgan fingerprint density at radius 1 is 1.03 bits per heavy atom. The molecule has 0 fully saturated rings. The minimum atomic E-state index is -0.382. The second-order valence-electron chi connectivity index (χ2n) is 8.64. The molecule has 0 saturated carbocycles. The molecular formula is C26H25ClN4OS. The molecule has 168 valence electrons. The number of nitrogens with zero attached hydrogens (tertiary/aromatic N) is 4. The van der Waals surface area contributed by atoms with Crippen LogP contribution >= 0.6 is 23.4 Å². The Hall–Kier alpha value is -2.70. The summed E-state index contributed by atoms with van der Waals surface area (Å²) in [4.78, 5) is 19.6. The minimum Gasteiger partial charge on any atom is -0.299 e. The van der Waals surface area contributed by atoms with Gasteiger partial charge in [0.1, 0.15) is 17.6 Å². The van der Waals surface area contributed by atoms with E-state index >= 15 is 0 Å². The number of aryl methyl sites for hydroxylation is 1. The van der Waals surface area contributed by atoms with Gasteiger partial charge in [-0.15, -0.1) is 22.0 Å². The van der Waals surface area contributed by atoms with Gasteiger partial charge in [0.25, 0.3) is 0 Å². The lowest BCUT2D eigenvalue weighted by Gasteiger charge is -2.23. The fourth-order valence-electron chi connectivity index (χ4n) is 4.67. The number of halogens is 1. The van der Waals surface area contributed by atoms with Crippen molar-refractivity contribution >= 4 is 34.9 Å². The van der Waals surface area contributed by atoms with Crippen LogP contribution in [0.2, 0.25) is 5.02 Å². The molecule has 3 atom stereocenters. The second kappa shape index (κ2) is 8.92. The van der Waals surface area contributed by atoms with Crippen molar-refractivity contribution in [3.8, 4) is 0 Å². The zero-order chi connectivity index (χ0) is 23.1. The summed E-state index contributed by atoms with van der Waals surface area (Å²) in [6.45, 7) is 6.32. The predicted molar refractivity (Wildman–Crippen MR) is 134 cm³/mol. The van der Waals surface area contributed by atoms with Crippen molar-refractivity contribution in [2.24, 2.45) is 10.9 Å². The summed E-state index contributed by atoms with van der Waals surface area (Å²) in [6.07, 6.45) is 0.672. The van der Waals surface area contributed by atoms with Crippen LogP contribution in [-0.2, 0) is 11.2 Å². The molecule has 2 aliphatic rings. The van der Waals surface area contributed by atoms with E-state index in [0.717, 1.165) is 28.5 Å². The smallest absolute Gasteiger partial charge is 0.159 e. The van der Waals surface area contributed by atoms with Crippen LogP contribution in [0.15, 0.2) is 70.1 Å². The number of hydrogen-bond donors (Lipinski definition) is 0. The molecule has 0 saturated heterocycles. The van der Waals surface area contributed by atoms with Crippen LogP contribution in [0.5, 0.6) is 0 Å². The number of thioether (sulfide) groups is 1. The first-order valence-corrected chi connectivity index (χ1v) is 12.3. The number of allylic oxidation sites excluding steroid dienone is 2. The van der Waals surface area contributed by atoms with Gasteiger partial charge in [0.15, 0.2) is 5.82 Å². The highest BCUT2D eigenvalue weighted by Crippen LogP contribution is 2.52. The maximum absolute atomic E-state index is 13.1. The van der Waals surface area contributed by atoms with E-state index in [1.807, 2.05) is 73.3 Å². The zero-order valence-corrected chi connectivity index (χ0v) is 20.4. The molecule has 2 aliphatic heterocycles. The number of fused-ring (bicyclic) bond motifs is 3. The number of rotatable bonds is 5. The van der Waals surface area contributed by atoms with Gasteiger partial charge in [-0.2, -0.15) is 0 Å². The van der Waals surface area contributed by atoms with E-state index in [-0.39, 0.29) is 29.5 Å². The van der Waals surface area contributed by atoms with Gasteiger partial charge < -0.3 is 0 Å². The molecule has 5 rings (SSSR count). The van der Waals surface area contributed by atoms with E-state index < -0.39 is 0 Å². The summed E-state index contributed by atoms with van der Waals surface area (Å²) in [6, 6.07) is 17.3. The Morgan fingerprint density at radius 3 is 2.48 bits per heavy atom. The lowest BCUT2D eigenvalue weighted by Crippen LogP contribution is -2.23. The maximum atomic E-state index is 13.1. The average Bonchev–Trinajstić information content (AvgIpc) is 3.27. The number of carbonyl (C=O) groups is 1. The summed E-state index contributed by atoms with van der Waals surface area (Å²) >= 11 is 8.00. The van der Waals surface area contributed by atoms with Crippen molar-refractivity contribution < 1.29 is 4.79 Å². The molecule has 2 unspecified atom stereocenters. The van der Waals surface area contributed by atoms with Gasteiger partial charge in [0, 0.05) is 17.9 Å². The summed E-state index contributed by atoms with van der Waals surface area (Å²) in [7, 11) is 0. The topological polar surface area (TPSA) is 60.1 Å². The van der Waals surface area contributed by atoms with Crippen LogP contribution in [0.25, 0.3) is 0 Å². The highest BCUT2D eigenvalue weighted by Gasteiger charge is 2.42. The number of aliphatic imine (C=N–C) groups is 1. The van der Waals surface area contributed by atoms with E-state index in [4.69, 9.17) is 16.6 Å². The van der Waals surface area contributed by atoms with Crippen molar-refractivity contribution in [2.75, 3.05) is 0 Å². The van der Waals surface area contributed by atoms with Crippen molar-refractivity contribution in [1.82, 2.24) is 14.8 Å². The normalized spacial score (nSPS) is 21.9. The standard InChI is InChI=1S/C26H25ClN4OS/c1-15-16(2)33-26-23(15)24(19-9-11-20(27)12-10-19)28-22(25-30-29-17(3)31(25)26)14-21(32)13-18-7-5-4-6-8-18/h4-12,22-23,26H,13-14H2,1-3H3/t22-,23?,26?/m0/s1. The number of carbonyl (C=O) groups excluding carboxylic acids is 1. The quantitative estimate of drug-likeness (QED) is 0.443. The van der Waals surface area contributed by atoms with Gasteiger partial charge in [0.05, 0.1) is 17.0 Å². The molecule has 3 heterocycles. The Morgan fingerprint density at radius 2 is 1.76 bits per heavy atom. The molecule has 2 aromatic carbocycles. The number of aromatic nitrogens is 3. The van der Waals surface area contributed by atoms with Crippen molar-refractivity contribution in [1.29, 1.82) is 0 Å². The molecule has 0 bridgehead atoms. The molecule has 1 aromatic heterocycles. The first-order valence-electron chi connectivity index (χ1n) is 11.1. The minimum absolute atomic E-state index is 0.0821. The predicted octanol–water partition coefficient (Wildman–Crippen LogP) is 6.14. The van der Waals surface area contributed by atoms with Crippen molar-refractivity contribution in [3.05, 3.63) is 92.9 Å². The average molecular weight is 477 g/mol. The van der Waals surface area contributed by atoms with E-state index in [9.17, 15) is 4.79 Å². The van der Waals surface area contributed by atoms with Crippen LogP contribution in [0.3, 0.4) is 0 Å². The van der Waals surface area contributed by atoms with Gasteiger partial charge in [-0.1, -0.05) is 59.6 Å². The SMILES string of the molecule is CC1=C(C)C2C(c3ccc(Cl)cc3)=N[C@@H](CC(=O)Cc3ccccc3)c3nnc(C)n3C2S1. The van der Waals surface area contributed by atoms with Gasteiger partial charge in [0.2, 0.25) is 0 Å². The summed E-state index contributed by atoms with van der Waals surface area (Å²) in [5, 5.41) is 9.67. The van der Waals surface area contributed by atoms with Gasteiger partial charge in [-0.25, -0.2) is 0 Å². The molecular weight excluding hydrogens is 452 g/mol. The third-order valence-corrected chi connectivity index (χ3v) is 8.10. The highest BCUT2D eigenvalue weighted by atomic mass is 35.5. The molecule has 3 aromatic rings. The molecule has 0 aliphatic carbocycles. The van der Waals surface area contributed by atoms with Crippen molar-refractivity contribution in [2.45, 2.75) is 45.0 Å². The largest absolute Gasteiger partial charge is 0.299 e. The molecule has 0 spiro atoms. The maximum Gasteiger partial charge on any atom is 0.159 e. The van der Waals surface area contributed by atoms with Crippen LogP contribution < -0.4 is 0 Å². The molecule has 0 amide bonds. The lowest BCUT2D eigenvalue weighted by molar-refractivity contribution is -0.118.